The second-order valence-corrected chi connectivity index (χ2v) is 13.8. The van der Waals surface area contributed by atoms with E-state index in [1.54, 1.807) is 0 Å². The smallest absolute Gasteiger partial charge is 0.0462 e. The van der Waals surface area contributed by atoms with Crippen LogP contribution in [0.2, 0.25) is 0 Å². The standard InChI is InChI=1S/C49H37N/c1-49(2)47-16-10-9-15-45(47)46-32-24-40-33-39(23-31-44(40)48(46)49)38-21-29-43(30-22-38)50(41-25-17-36(18-26-41)34-11-5-3-6-12-34)42-27-19-37(20-28-42)35-13-7-4-8-14-35/h3-33H,1-2H3. The van der Waals surface area contributed by atoms with Crippen LogP contribution in [0.3, 0.4) is 0 Å². The van der Waals surface area contributed by atoms with Gasteiger partial charge >= 0.3 is 0 Å². The first-order chi connectivity index (χ1) is 24.5. The molecule has 1 aliphatic carbocycles. The van der Waals surface area contributed by atoms with Crippen molar-refractivity contribution in [1.29, 1.82) is 0 Å². The van der Waals surface area contributed by atoms with Gasteiger partial charge < -0.3 is 4.90 Å². The molecule has 1 heteroatoms. The third kappa shape index (κ3) is 5.11. The molecule has 8 aromatic rings. The molecule has 238 valence electrons. The van der Waals surface area contributed by atoms with Crippen LogP contribution in [-0.4, -0.2) is 0 Å². The first-order valence-electron chi connectivity index (χ1n) is 17.4. The van der Waals surface area contributed by atoms with Crippen LogP contribution in [0.4, 0.5) is 17.1 Å². The van der Waals surface area contributed by atoms with E-state index in [-0.39, 0.29) is 5.41 Å². The third-order valence-electron chi connectivity index (χ3n) is 10.5. The Morgan fingerprint density at radius 3 is 1.34 bits per heavy atom. The van der Waals surface area contributed by atoms with Gasteiger partial charge in [-0.25, -0.2) is 0 Å². The monoisotopic (exact) mass is 639 g/mol. The van der Waals surface area contributed by atoms with E-state index in [0.29, 0.717) is 0 Å². The van der Waals surface area contributed by atoms with Gasteiger partial charge in [0.2, 0.25) is 0 Å². The average molecular weight is 640 g/mol. The predicted molar refractivity (Wildman–Crippen MR) is 213 cm³/mol. The molecule has 0 amide bonds. The summed E-state index contributed by atoms with van der Waals surface area (Å²) in [5, 5.41) is 2.62. The lowest BCUT2D eigenvalue weighted by Gasteiger charge is -2.26. The minimum atomic E-state index is -0.0311. The molecule has 0 aromatic heterocycles. The molecule has 50 heavy (non-hydrogen) atoms. The van der Waals surface area contributed by atoms with E-state index >= 15 is 0 Å². The summed E-state index contributed by atoms with van der Waals surface area (Å²) in [6.45, 7) is 4.72. The van der Waals surface area contributed by atoms with Gasteiger partial charge in [0.25, 0.3) is 0 Å². The fourth-order valence-corrected chi connectivity index (χ4v) is 7.92. The Kier molecular flexibility index (Phi) is 7.21. The van der Waals surface area contributed by atoms with Crippen LogP contribution in [0.5, 0.6) is 0 Å². The van der Waals surface area contributed by atoms with E-state index in [9.17, 15) is 0 Å². The van der Waals surface area contributed by atoms with Crippen molar-refractivity contribution < 1.29 is 0 Å². The maximum Gasteiger partial charge on any atom is 0.0462 e. The molecule has 0 atom stereocenters. The Morgan fingerprint density at radius 2 is 0.800 bits per heavy atom. The zero-order chi connectivity index (χ0) is 33.7. The fraction of sp³-hybridized carbons (Fsp3) is 0.0612. The highest BCUT2D eigenvalue weighted by Gasteiger charge is 2.36. The van der Waals surface area contributed by atoms with E-state index in [1.165, 1.54) is 66.4 Å². The largest absolute Gasteiger partial charge is 0.311 e. The normalized spacial score (nSPS) is 12.8. The Bertz CT molecular complexity index is 2370. The van der Waals surface area contributed by atoms with Crippen molar-refractivity contribution in [2.24, 2.45) is 0 Å². The second kappa shape index (κ2) is 12.1. The lowest BCUT2D eigenvalue weighted by Crippen LogP contribution is -2.15. The van der Waals surface area contributed by atoms with Gasteiger partial charge in [0.1, 0.15) is 0 Å². The average Bonchev–Trinajstić information content (AvgIpc) is 3.42. The molecular weight excluding hydrogens is 603 g/mol. The molecule has 9 rings (SSSR count). The van der Waals surface area contributed by atoms with Gasteiger partial charge in [-0.2, -0.15) is 0 Å². The maximum absolute atomic E-state index is 2.36. The summed E-state index contributed by atoms with van der Waals surface area (Å²) in [5.74, 6) is 0. The van der Waals surface area contributed by atoms with Crippen LogP contribution in [-0.2, 0) is 5.41 Å². The highest BCUT2D eigenvalue weighted by atomic mass is 15.1. The van der Waals surface area contributed by atoms with Crippen molar-refractivity contribution in [3.63, 3.8) is 0 Å². The maximum atomic E-state index is 2.36. The van der Waals surface area contributed by atoms with Gasteiger partial charge in [-0.3, -0.25) is 0 Å². The van der Waals surface area contributed by atoms with Gasteiger partial charge in [0, 0.05) is 22.5 Å². The molecule has 1 aliphatic rings. The zero-order valence-corrected chi connectivity index (χ0v) is 28.3. The highest BCUT2D eigenvalue weighted by molar-refractivity contribution is 5.99. The van der Waals surface area contributed by atoms with Crippen molar-refractivity contribution in [1.82, 2.24) is 0 Å². The van der Waals surface area contributed by atoms with Crippen molar-refractivity contribution in [3.05, 3.63) is 199 Å². The van der Waals surface area contributed by atoms with Gasteiger partial charge in [-0.1, -0.05) is 159 Å². The number of benzene rings is 8. The molecule has 0 unspecified atom stereocenters. The summed E-state index contributed by atoms with van der Waals surface area (Å²) in [7, 11) is 0. The molecule has 0 N–H and O–H groups in total. The minimum Gasteiger partial charge on any atom is -0.311 e. The van der Waals surface area contributed by atoms with Crippen molar-refractivity contribution >= 4 is 27.8 Å². The number of anilines is 3. The van der Waals surface area contributed by atoms with Crippen LogP contribution < -0.4 is 4.90 Å². The molecule has 0 saturated carbocycles. The van der Waals surface area contributed by atoms with Gasteiger partial charge in [0.05, 0.1) is 0 Å². The second-order valence-electron chi connectivity index (χ2n) is 13.8. The first kappa shape index (κ1) is 29.9. The number of rotatable bonds is 6. The summed E-state index contributed by atoms with van der Waals surface area (Å²) >= 11 is 0. The predicted octanol–water partition coefficient (Wildman–Crippen LogP) is 13.6. The molecule has 1 nitrogen and oxygen atoms in total. The number of fused-ring (bicyclic) bond motifs is 5. The van der Waals surface area contributed by atoms with E-state index < -0.39 is 0 Å². The zero-order valence-electron chi connectivity index (χ0n) is 28.3. The van der Waals surface area contributed by atoms with Crippen LogP contribution in [0.1, 0.15) is 25.0 Å². The quantitative estimate of drug-likeness (QED) is 0.175. The van der Waals surface area contributed by atoms with Gasteiger partial charge in [-0.15, -0.1) is 0 Å². The lowest BCUT2D eigenvalue weighted by molar-refractivity contribution is 0.666. The topological polar surface area (TPSA) is 3.24 Å². The van der Waals surface area contributed by atoms with Crippen LogP contribution in [0.15, 0.2) is 188 Å². The van der Waals surface area contributed by atoms with Gasteiger partial charge in [0.15, 0.2) is 0 Å². The third-order valence-corrected chi connectivity index (χ3v) is 10.5. The fourth-order valence-electron chi connectivity index (χ4n) is 7.92. The Morgan fingerprint density at radius 1 is 0.360 bits per heavy atom. The summed E-state index contributed by atoms with van der Waals surface area (Å²) in [6, 6.07) is 68.4. The Balaban J connectivity index is 1.08. The number of hydrogen-bond donors (Lipinski definition) is 0. The molecule has 0 bridgehead atoms. The van der Waals surface area contributed by atoms with Gasteiger partial charge in [-0.05, 0) is 109 Å². The van der Waals surface area contributed by atoms with Crippen molar-refractivity contribution in [2.45, 2.75) is 19.3 Å². The minimum absolute atomic E-state index is 0.0311. The van der Waals surface area contributed by atoms with Crippen LogP contribution in [0, 0.1) is 0 Å². The molecular formula is C49H37N. The number of nitrogens with zero attached hydrogens (tertiary/aromatic N) is 1. The molecule has 8 aromatic carbocycles. The Labute approximate surface area is 294 Å². The van der Waals surface area contributed by atoms with Crippen molar-refractivity contribution in [2.75, 3.05) is 4.90 Å². The molecule has 0 spiro atoms. The summed E-state index contributed by atoms with van der Waals surface area (Å²) in [5.41, 5.74) is 16.2. The lowest BCUT2D eigenvalue weighted by atomic mass is 9.80. The van der Waals surface area contributed by atoms with Crippen molar-refractivity contribution in [3.8, 4) is 44.5 Å². The molecule has 0 aliphatic heterocycles. The van der Waals surface area contributed by atoms with Crippen LogP contribution >= 0.6 is 0 Å². The summed E-state index contributed by atoms with van der Waals surface area (Å²) < 4.78 is 0. The van der Waals surface area contributed by atoms with E-state index in [2.05, 4.69) is 207 Å². The summed E-state index contributed by atoms with van der Waals surface area (Å²) in [6.07, 6.45) is 0. The molecule has 0 heterocycles. The molecule has 0 fully saturated rings. The Hall–Kier alpha value is -6.18. The molecule has 0 radical (unpaired) electrons. The number of hydrogen-bond acceptors (Lipinski definition) is 1. The van der Waals surface area contributed by atoms with E-state index in [4.69, 9.17) is 0 Å². The van der Waals surface area contributed by atoms with E-state index in [0.717, 1.165) is 17.1 Å². The van der Waals surface area contributed by atoms with Crippen LogP contribution in [0.25, 0.3) is 55.3 Å². The first-order valence-corrected chi connectivity index (χ1v) is 17.4. The van der Waals surface area contributed by atoms with E-state index in [1.807, 2.05) is 0 Å². The highest BCUT2D eigenvalue weighted by Crippen LogP contribution is 2.51. The summed E-state index contributed by atoms with van der Waals surface area (Å²) in [4.78, 5) is 2.34. The SMILES string of the molecule is CC1(C)c2ccccc2-c2ccc3cc(-c4ccc(N(c5ccc(-c6ccccc6)cc5)c5ccc(-c6ccccc6)cc5)cc4)ccc3c21. The molecule has 0 saturated heterocycles.